The summed E-state index contributed by atoms with van der Waals surface area (Å²) in [6.07, 6.45) is 5.20. The van der Waals surface area contributed by atoms with E-state index in [0.717, 1.165) is 25.9 Å². The highest BCUT2D eigenvalue weighted by Crippen LogP contribution is 2.18. The normalized spacial score (nSPS) is 22.1. The molecule has 2 heterocycles. The Morgan fingerprint density at radius 1 is 1.71 bits per heavy atom. The number of imidazole rings is 1. The summed E-state index contributed by atoms with van der Waals surface area (Å²) >= 11 is 0. The van der Waals surface area contributed by atoms with Crippen LogP contribution in [0.25, 0.3) is 0 Å². The molecular weight excluding hydrogens is 184 g/mol. The number of aromatic nitrogens is 2. The third-order valence-electron chi connectivity index (χ3n) is 2.47. The Balaban J connectivity index is 2.11. The summed E-state index contributed by atoms with van der Waals surface area (Å²) in [6.45, 7) is 1.90. The van der Waals surface area contributed by atoms with Crippen molar-refractivity contribution >= 4 is 5.82 Å². The van der Waals surface area contributed by atoms with Crippen LogP contribution in [-0.4, -0.2) is 27.6 Å². The van der Waals surface area contributed by atoms with E-state index in [2.05, 4.69) is 10.3 Å². The lowest BCUT2D eigenvalue weighted by molar-refractivity contribution is -0.389. The molecule has 0 amide bonds. The van der Waals surface area contributed by atoms with Crippen LogP contribution in [-0.2, 0) is 0 Å². The summed E-state index contributed by atoms with van der Waals surface area (Å²) in [5, 5.41) is 13.7. The van der Waals surface area contributed by atoms with Gasteiger partial charge in [-0.25, -0.2) is 0 Å². The van der Waals surface area contributed by atoms with Crippen LogP contribution in [0.15, 0.2) is 12.5 Å². The second-order valence-corrected chi connectivity index (χ2v) is 3.44. The summed E-state index contributed by atoms with van der Waals surface area (Å²) < 4.78 is 1.82. The van der Waals surface area contributed by atoms with Crippen LogP contribution >= 0.6 is 0 Å². The van der Waals surface area contributed by atoms with Crippen LogP contribution in [0.3, 0.4) is 0 Å². The second kappa shape index (κ2) is 3.75. The first-order chi connectivity index (χ1) is 6.77. The van der Waals surface area contributed by atoms with Crippen molar-refractivity contribution in [2.75, 3.05) is 13.1 Å². The molecule has 0 aliphatic carbocycles. The molecule has 14 heavy (non-hydrogen) atoms. The standard InChI is InChI=1S/C8H12N4O2/c13-12(14)8-5-11(6-10-8)7-2-1-3-9-4-7/h5-7,9H,1-4H2. The molecule has 0 aromatic carbocycles. The summed E-state index contributed by atoms with van der Waals surface area (Å²) in [4.78, 5) is 13.7. The van der Waals surface area contributed by atoms with E-state index >= 15 is 0 Å². The molecule has 0 saturated carbocycles. The molecule has 1 aliphatic rings. The van der Waals surface area contributed by atoms with Crippen LogP contribution in [0.5, 0.6) is 0 Å². The number of hydrogen-bond donors (Lipinski definition) is 1. The van der Waals surface area contributed by atoms with Gasteiger partial charge in [0.05, 0.1) is 0 Å². The number of hydrogen-bond acceptors (Lipinski definition) is 4. The molecule has 1 fully saturated rings. The molecule has 1 atom stereocenters. The molecule has 0 radical (unpaired) electrons. The van der Waals surface area contributed by atoms with Gasteiger partial charge in [0, 0.05) is 12.6 Å². The monoisotopic (exact) mass is 196 g/mol. The van der Waals surface area contributed by atoms with E-state index in [4.69, 9.17) is 0 Å². The van der Waals surface area contributed by atoms with Gasteiger partial charge >= 0.3 is 5.82 Å². The van der Waals surface area contributed by atoms with E-state index in [0.29, 0.717) is 6.04 Å². The van der Waals surface area contributed by atoms with Crippen LogP contribution in [0.4, 0.5) is 5.82 Å². The van der Waals surface area contributed by atoms with Crippen LogP contribution in [0, 0.1) is 10.1 Å². The van der Waals surface area contributed by atoms with Crippen molar-refractivity contribution in [3.63, 3.8) is 0 Å². The summed E-state index contributed by atoms with van der Waals surface area (Å²) in [6, 6.07) is 0.310. The van der Waals surface area contributed by atoms with Crippen molar-refractivity contribution in [2.24, 2.45) is 0 Å². The fourth-order valence-corrected chi connectivity index (χ4v) is 1.71. The van der Waals surface area contributed by atoms with Crippen LogP contribution in [0.2, 0.25) is 0 Å². The van der Waals surface area contributed by atoms with Gasteiger partial charge in [0.2, 0.25) is 6.33 Å². The van der Waals surface area contributed by atoms with Gasteiger partial charge in [0.25, 0.3) is 0 Å². The lowest BCUT2D eigenvalue weighted by atomic mass is 10.1. The first kappa shape index (κ1) is 9.14. The highest BCUT2D eigenvalue weighted by molar-refractivity contribution is 5.13. The molecule has 6 nitrogen and oxygen atoms in total. The smallest absolute Gasteiger partial charge is 0.358 e. The minimum atomic E-state index is -0.466. The first-order valence-corrected chi connectivity index (χ1v) is 4.66. The van der Waals surface area contributed by atoms with Gasteiger partial charge in [0.15, 0.2) is 0 Å². The average Bonchev–Trinajstić information content (AvgIpc) is 2.68. The third-order valence-corrected chi connectivity index (χ3v) is 2.47. The average molecular weight is 196 g/mol. The second-order valence-electron chi connectivity index (χ2n) is 3.44. The maximum absolute atomic E-state index is 10.4. The minimum Gasteiger partial charge on any atom is -0.358 e. The summed E-state index contributed by atoms with van der Waals surface area (Å²) in [5.74, 6) is -0.0735. The van der Waals surface area contributed by atoms with Gasteiger partial charge in [-0.1, -0.05) is 0 Å². The van der Waals surface area contributed by atoms with Gasteiger partial charge in [-0.2, -0.15) is 0 Å². The van der Waals surface area contributed by atoms with Gasteiger partial charge in [-0.15, -0.1) is 0 Å². The van der Waals surface area contributed by atoms with E-state index in [-0.39, 0.29) is 5.82 Å². The number of piperidine rings is 1. The molecule has 1 unspecified atom stereocenters. The highest BCUT2D eigenvalue weighted by Gasteiger charge is 2.18. The molecule has 1 N–H and O–H groups in total. The topological polar surface area (TPSA) is 73.0 Å². The predicted molar refractivity (Wildman–Crippen MR) is 50.0 cm³/mol. The van der Waals surface area contributed by atoms with Gasteiger partial charge in [-0.3, -0.25) is 0 Å². The third kappa shape index (κ3) is 1.74. The SMILES string of the molecule is O=[N+]([O-])c1cn(C2CCCNC2)cn1. The lowest BCUT2D eigenvalue weighted by Gasteiger charge is -2.22. The molecule has 0 spiro atoms. The van der Waals surface area contributed by atoms with Gasteiger partial charge in [0.1, 0.15) is 6.20 Å². The van der Waals surface area contributed by atoms with Crippen molar-refractivity contribution in [1.29, 1.82) is 0 Å². The number of nitrogens with zero attached hydrogens (tertiary/aromatic N) is 3. The molecule has 1 aliphatic heterocycles. The first-order valence-electron chi connectivity index (χ1n) is 4.66. The molecule has 2 rings (SSSR count). The zero-order valence-electron chi connectivity index (χ0n) is 7.72. The number of nitro groups is 1. The van der Waals surface area contributed by atoms with Crippen LogP contribution < -0.4 is 5.32 Å². The predicted octanol–water partition coefficient (Wildman–Crippen LogP) is 0.716. The van der Waals surface area contributed by atoms with E-state index in [1.54, 1.807) is 0 Å². The lowest BCUT2D eigenvalue weighted by Crippen LogP contribution is -2.31. The zero-order chi connectivity index (χ0) is 9.97. The number of nitrogens with one attached hydrogen (secondary N) is 1. The van der Waals surface area contributed by atoms with Gasteiger partial charge in [-0.05, 0) is 29.3 Å². The van der Waals surface area contributed by atoms with Crippen LogP contribution in [0.1, 0.15) is 18.9 Å². The highest BCUT2D eigenvalue weighted by atomic mass is 16.6. The molecule has 1 aromatic rings. The maximum atomic E-state index is 10.4. The summed E-state index contributed by atoms with van der Waals surface area (Å²) in [7, 11) is 0. The Bertz CT molecular complexity index is 330. The van der Waals surface area contributed by atoms with Crippen molar-refractivity contribution in [3.05, 3.63) is 22.6 Å². The van der Waals surface area contributed by atoms with E-state index in [1.807, 2.05) is 4.57 Å². The van der Waals surface area contributed by atoms with Crippen molar-refractivity contribution < 1.29 is 4.92 Å². The fraction of sp³-hybridized carbons (Fsp3) is 0.625. The largest absolute Gasteiger partial charge is 0.381 e. The Morgan fingerprint density at radius 3 is 3.14 bits per heavy atom. The Hall–Kier alpha value is -1.43. The minimum absolute atomic E-state index is 0.0735. The van der Waals surface area contributed by atoms with E-state index < -0.39 is 4.92 Å². The van der Waals surface area contributed by atoms with Crippen molar-refractivity contribution in [3.8, 4) is 0 Å². The molecule has 6 heteroatoms. The van der Waals surface area contributed by atoms with E-state index in [1.165, 1.54) is 12.5 Å². The molecule has 1 aromatic heterocycles. The van der Waals surface area contributed by atoms with Crippen molar-refractivity contribution in [2.45, 2.75) is 18.9 Å². The molecular formula is C8H12N4O2. The molecule has 76 valence electrons. The zero-order valence-corrected chi connectivity index (χ0v) is 7.72. The summed E-state index contributed by atoms with van der Waals surface area (Å²) in [5.41, 5.74) is 0. The van der Waals surface area contributed by atoms with Gasteiger partial charge < -0.3 is 20.0 Å². The number of rotatable bonds is 2. The quantitative estimate of drug-likeness (QED) is 0.558. The Kier molecular flexibility index (Phi) is 2.45. The van der Waals surface area contributed by atoms with E-state index in [9.17, 15) is 10.1 Å². The Morgan fingerprint density at radius 2 is 2.57 bits per heavy atom. The molecule has 1 saturated heterocycles. The maximum Gasteiger partial charge on any atom is 0.381 e. The van der Waals surface area contributed by atoms with Crippen molar-refractivity contribution in [1.82, 2.24) is 14.9 Å². The Labute approximate surface area is 81.1 Å². The fourth-order valence-electron chi connectivity index (χ4n) is 1.71. The molecule has 0 bridgehead atoms.